The number of nitrogens with two attached hydrogens (primary N) is 1. The van der Waals surface area contributed by atoms with Crippen LogP contribution >= 0.6 is 0 Å². The minimum Gasteiger partial charge on any atom is -0.327 e. The summed E-state index contributed by atoms with van der Waals surface area (Å²) in [5.41, 5.74) is 7.15. The Hall–Kier alpha value is -0.0400. The van der Waals surface area contributed by atoms with Gasteiger partial charge in [-0.25, -0.2) is 0 Å². The van der Waals surface area contributed by atoms with E-state index in [1.54, 1.807) is 0 Å². The number of hydrogen-bond donors (Lipinski definition) is 1. The van der Waals surface area contributed by atoms with Crippen LogP contribution in [0.2, 0.25) is 0 Å². The summed E-state index contributed by atoms with van der Waals surface area (Å²) in [7, 11) is 0. The highest BCUT2D eigenvalue weighted by Gasteiger charge is 2.57. The predicted molar refractivity (Wildman–Crippen MR) is 63.5 cm³/mol. The van der Waals surface area contributed by atoms with Gasteiger partial charge in [-0.1, -0.05) is 26.2 Å². The highest BCUT2D eigenvalue weighted by atomic mass is 14.8. The Bertz CT molecular complexity index is 246. The molecule has 2 bridgehead atoms. The van der Waals surface area contributed by atoms with Gasteiger partial charge in [0.15, 0.2) is 0 Å². The molecule has 0 aromatic heterocycles. The topological polar surface area (TPSA) is 26.0 Å². The molecule has 1 spiro atoms. The fourth-order valence-corrected chi connectivity index (χ4v) is 5.09. The molecule has 3 aliphatic rings. The Morgan fingerprint density at radius 1 is 1.27 bits per heavy atom. The van der Waals surface area contributed by atoms with Crippen molar-refractivity contribution in [1.82, 2.24) is 0 Å². The average molecular weight is 207 g/mol. The molecule has 3 rings (SSSR count). The largest absolute Gasteiger partial charge is 0.327 e. The Labute approximate surface area is 93.8 Å². The molecular weight excluding hydrogens is 182 g/mol. The molecule has 1 heteroatoms. The van der Waals surface area contributed by atoms with E-state index in [1.807, 2.05) is 0 Å². The van der Waals surface area contributed by atoms with Crippen LogP contribution in [0.5, 0.6) is 0 Å². The number of hydrogen-bond acceptors (Lipinski definition) is 1. The lowest BCUT2D eigenvalue weighted by molar-refractivity contribution is 0.0471. The monoisotopic (exact) mass is 207 g/mol. The minimum absolute atomic E-state index is 0.561. The van der Waals surface area contributed by atoms with Gasteiger partial charge >= 0.3 is 0 Å². The van der Waals surface area contributed by atoms with Gasteiger partial charge in [-0.05, 0) is 55.3 Å². The van der Waals surface area contributed by atoms with Crippen LogP contribution in [0.3, 0.4) is 0 Å². The summed E-state index contributed by atoms with van der Waals surface area (Å²) in [5.74, 6) is 2.89. The van der Waals surface area contributed by atoms with Crippen molar-refractivity contribution in [3.63, 3.8) is 0 Å². The molecule has 86 valence electrons. The number of fused-ring (bicyclic) bond motifs is 3. The van der Waals surface area contributed by atoms with Crippen LogP contribution in [0, 0.1) is 23.2 Å². The lowest BCUT2D eigenvalue weighted by Crippen LogP contribution is -2.48. The van der Waals surface area contributed by atoms with E-state index in [9.17, 15) is 0 Å². The lowest BCUT2D eigenvalue weighted by Gasteiger charge is -2.47. The standard InChI is InChI=1S/C14H25N/c1-2-10-4-3-7-14(9-10)12-6-5-11(8-12)13(14)15/h10-13H,2-9,15H2,1H3/t10-,11?,12+,13+,14-/m1/s1. The van der Waals surface area contributed by atoms with Crippen LogP contribution < -0.4 is 5.73 Å². The lowest BCUT2D eigenvalue weighted by atomic mass is 9.59. The molecule has 0 amide bonds. The molecule has 0 aromatic carbocycles. The summed E-state index contributed by atoms with van der Waals surface area (Å²) in [6.45, 7) is 2.36. The van der Waals surface area contributed by atoms with E-state index >= 15 is 0 Å². The molecular formula is C14H25N. The van der Waals surface area contributed by atoms with Gasteiger partial charge in [-0.2, -0.15) is 0 Å². The van der Waals surface area contributed by atoms with E-state index in [4.69, 9.17) is 5.73 Å². The molecule has 0 aromatic rings. The van der Waals surface area contributed by atoms with Crippen molar-refractivity contribution in [2.75, 3.05) is 0 Å². The SMILES string of the molecule is CC[C@@H]1CCC[C@@]2(C1)[C@H]1CCC(C1)[C@@H]2N. The molecule has 0 heterocycles. The highest BCUT2D eigenvalue weighted by Crippen LogP contribution is 2.61. The summed E-state index contributed by atoms with van der Waals surface area (Å²) < 4.78 is 0. The van der Waals surface area contributed by atoms with Gasteiger partial charge in [0.2, 0.25) is 0 Å². The maximum absolute atomic E-state index is 6.55. The van der Waals surface area contributed by atoms with Crippen molar-refractivity contribution in [1.29, 1.82) is 0 Å². The van der Waals surface area contributed by atoms with Gasteiger partial charge in [-0.15, -0.1) is 0 Å². The zero-order valence-electron chi connectivity index (χ0n) is 10.0. The summed E-state index contributed by atoms with van der Waals surface area (Å²) in [6.07, 6.45) is 11.6. The molecule has 0 radical (unpaired) electrons. The fraction of sp³-hybridized carbons (Fsp3) is 1.00. The minimum atomic E-state index is 0.561. The Morgan fingerprint density at radius 3 is 2.80 bits per heavy atom. The highest BCUT2D eigenvalue weighted by molar-refractivity contribution is 5.09. The Balaban J connectivity index is 1.83. The first kappa shape index (κ1) is 10.1. The van der Waals surface area contributed by atoms with Crippen molar-refractivity contribution < 1.29 is 0 Å². The third-order valence-corrected chi connectivity index (χ3v) is 5.96. The van der Waals surface area contributed by atoms with Crippen LogP contribution in [-0.2, 0) is 0 Å². The predicted octanol–water partition coefficient (Wildman–Crippen LogP) is 3.33. The van der Waals surface area contributed by atoms with Crippen molar-refractivity contribution in [3.05, 3.63) is 0 Å². The molecule has 1 unspecified atom stereocenters. The molecule has 3 aliphatic carbocycles. The number of rotatable bonds is 1. The summed E-state index contributed by atoms with van der Waals surface area (Å²) in [6, 6.07) is 0.561. The zero-order valence-corrected chi connectivity index (χ0v) is 10.0. The first-order chi connectivity index (χ1) is 7.26. The van der Waals surface area contributed by atoms with E-state index in [0.29, 0.717) is 11.5 Å². The molecule has 3 fully saturated rings. The molecule has 5 atom stereocenters. The summed E-state index contributed by atoms with van der Waals surface area (Å²) in [5, 5.41) is 0. The van der Waals surface area contributed by atoms with Crippen LogP contribution in [0.1, 0.15) is 58.3 Å². The van der Waals surface area contributed by atoms with Crippen molar-refractivity contribution in [2.45, 2.75) is 64.3 Å². The van der Waals surface area contributed by atoms with E-state index in [2.05, 4.69) is 6.92 Å². The third-order valence-electron chi connectivity index (χ3n) is 5.96. The van der Waals surface area contributed by atoms with Gasteiger partial charge in [0.05, 0.1) is 0 Å². The van der Waals surface area contributed by atoms with Crippen molar-refractivity contribution in [3.8, 4) is 0 Å². The second-order valence-corrected chi connectivity index (χ2v) is 6.40. The Kier molecular flexibility index (Phi) is 2.35. The molecule has 0 aliphatic heterocycles. The second-order valence-electron chi connectivity index (χ2n) is 6.40. The summed E-state index contributed by atoms with van der Waals surface area (Å²) >= 11 is 0. The fourth-order valence-electron chi connectivity index (χ4n) is 5.09. The maximum Gasteiger partial charge on any atom is 0.0127 e. The van der Waals surface area contributed by atoms with E-state index in [1.165, 1.54) is 51.4 Å². The smallest absolute Gasteiger partial charge is 0.0127 e. The van der Waals surface area contributed by atoms with Gasteiger partial charge in [-0.3, -0.25) is 0 Å². The van der Waals surface area contributed by atoms with Gasteiger partial charge < -0.3 is 5.73 Å². The van der Waals surface area contributed by atoms with Crippen LogP contribution in [0.4, 0.5) is 0 Å². The van der Waals surface area contributed by atoms with E-state index in [-0.39, 0.29) is 0 Å². The second kappa shape index (κ2) is 3.48. The molecule has 15 heavy (non-hydrogen) atoms. The normalized spacial score (nSPS) is 54.0. The average Bonchev–Trinajstić information content (AvgIpc) is 2.84. The zero-order chi connectivity index (χ0) is 10.5. The van der Waals surface area contributed by atoms with Crippen molar-refractivity contribution in [2.24, 2.45) is 28.9 Å². The maximum atomic E-state index is 6.55. The quantitative estimate of drug-likeness (QED) is 0.701. The first-order valence-corrected chi connectivity index (χ1v) is 7.02. The van der Waals surface area contributed by atoms with Crippen LogP contribution in [-0.4, -0.2) is 6.04 Å². The van der Waals surface area contributed by atoms with Gasteiger partial charge in [0, 0.05) is 6.04 Å². The molecule has 3 saturated carbocycles. The van der Waals surface area contributed by atoms with Gasteiger partial charge in [0.1, 0.15) is 0 Å². The van der Waals surface area contributed by atoms with Crippen LogP contribution in [0.15, 0.2) is 0 Å². The van der Waals surface area contributed by atoms with E-state index in [0.717, 1.165) is 17.8 Å². The molecule has 1 nitrogen and oxygen atoms in total. The first-order valence-electron chi connectivity index (χ1n) is 7.02. The molecule has 0 saturated heterocycles. The van der Waals surface area contributed by atoms with E-state index < -0.39 is 0 Å². The summed E-state index contributed by atoms with van der Waals surface area (Å²) in [4.78, 5) is 0. The van der Waals surface area contributed by atoms with Crippen molar-refractivity contribution >= 4 is 0 Å². The third kappa shape index (κ3) is 1.32. The van der Waals surface area contributed by atoms with Gasteiger partial charge in [0.25, 0.3) is 0 Å². The molecule has 2 N–H and O–H groups in total. The Morgan fingerprint density at radius 2 is 2.13 bits per heavy atom. The van der Waals surface area contributed by atoms with Crippen LogP contribution in [0.25, 0.3) is 0 Å².